The van der Waals surface area contributed by atoms with Crippen LogP contribution < -0.4 is 9.64 Å². The van der Waals surface area contributed by atoms with Crippen molar-refractivity contribution in [2.24, 2.45) is 0 Å². The first-order chi connectivity index (χ1) is 15.8. The van der Waals surface area contributed by atoms with Crippen molar-refractivity contribution in [1.29, 1.82) is 0 Å². The molecule has 1 saturated carbocycles. The number of benzene rings is 2. The zero-order valence-electron chi connectivity index (χ0n) is 19.0. The molecular weight excluding hydrogens is 423 g/mol. The Morgan fingerprint density at radius 3 is 2.30 bits per heavy atom. The van der Waals surface area contributed by atoms with Crippen LogP contribution in [0.1, 0.15) is 44.1 Å². The lowest BCUT2D eigenvalue weighted by Gasteiger charge is -2.38. The third kappa shape index (κ3) is 5.90. The van der Waals surface area contributed by atoms with Crippen molar-refractivity contribution in [1.82, 2.24) is 4.90 Å². The first-order valence-electron chi connectivity index (χ1n) is 11.6. The van der Waals surface area contributed by atoms with Crippen molar-refractivity contribution in [3.63, 3.8) is 0 Å². The van der Waals surface area contributed by atoms with Gasteiger partial charge in [0, 0.05) is 25.8 Å². The lowest BCUT2D eigenvalue weighted by atomic mass is 9.87. The molecule has 1 saturated heterocycles. The molecule has 2 aromatic carbocycles. The molecular formula is C26H31FN2O4. The third-order valence-electron chi connectivity index (χ3n) is 6.75. The Morgan fingerprint density at radius 1 is 1.09 bits per heavy atom. The molecule has 0 spiro atoms. The van der Waals surface area contributed by atoms with E-state index in [-0.39, 0.29) is 30.5 Å². The molecule has 7 heteroatoms. The summed E-state index contributed by atoms with van der Waals surface area (Å²) in [7, 11) is 1.70. The minimum atomic E-state index is -1.13. The van der Waals surface area contributed by atoms with Crippen LogP contribution in [0.5, 0.6) is 5.75 Å². The Labute approximate surface area is 194 Å². The van der Waals surface area contributed by atoms with Gasteiger partial charge in [-0.1, -0.05) is 12.1 Å². The first kappa shape index (κ1) is 23.2. The zero-order valence-corrected chi connectivity index (χ0v) is 19.0. The highest BCUT2D eigenvalue weighted by Gasteiger charge is 2.36. The summed E-state index contributed by atoms with van der Waals surface area (Å²) in [5, 5.41) is 11.0. The van der Waals surface area contributed by atoms with Gasteiger partial charge in [-0.05, 0) is 74.1 Å². The maximum atomic E-state index is 13.1. The van der Waals surface area contributed by atoms with Gasteiger partial charge in [-0.3, -0.25) is 9.59 Å². The number of nitrogens with zero attached hydrogens (tertiary/aromatic N) is 2. The average molecular weight is 455 g/mol. The van der Waals surface area contributed by atoms with Crippen LogP contribution in [0.2, 0.25) is 0 Å². The quantitative estimate of drug-likeness (QED) is 0.693. The number of ether oxygens (including phenoxy) is 1. The number of carbonyl (C=O) groups is 2. The van der Waals surface area contributed by atoms with E-state index in [0.29, 0.717) is 32.0 Å². The summed E-state index contributed by atoms with van der Waals surface area (Å²) in [4.78, 5) is 28.7. The van der Waals surface area contributed by atoms with Crippen molar-refractivity contribution >= 4 is 17.5 Å². The topological polar surface area (TPSA) is 70.1 Å². The molecule has 33 heavy (non-hydrogen) atoms. The van der Waals surface area contributed by atoms with Crippen LogP contribution in [-0.4, -0.2) is 53.7 Å². The largest absolute Gasteiger partial charge is 0.490 e. The summed E-state index contributed by atoms with van der Waals surface area (Å²) in [5.74, 6) is 0.245. The fourth-order valence-electron chi connectivity index (χ4n) is 4.21. The van der Waals surface area contributed by atoms with E-state index in [4.69, 9.17) is 4.74 Å². The van der Waals surface area contributed by atoms with Gasteiger partial charge < -0.3 is 19.6 Å². The molecule has 4 rings (SSSR count). The predicted molar refractivity (Wildman–Crippen MR) is 124 cm³/mol. The highest BCUT2D eigenvalue weighted by molar-refractivity contribution is 5.93. The number of halogens is 1. The van der Waals surface area contributed by atoms with E-state index in [1.165, 1.54) is 18.6 Å². The molecule has 1 aliphatic heterocycles. The normalized spacial score (nSPS) is 17.8. The third-order valence-corrected chi connectivity index (χ3v) is 6.75. The molecule has 2 fully saturated rings. The lowest BCUT2D eigenvalue weighted by molar-refractivity contribution is -0.136. The number of anilines is 1. The van der Waals surface area contributed by atoms with E-state index in [1.807, 2.05) is 24.3 Å². The van der Waals surface area contributed by atoms with Crippen molar-refractivity contribution in [2.45, 2.75) is 56.7 Å². The van der Waals surface area contributed by atoms with Crippen LogP contribution in [0.25, 0.3) is 0 Å². The van der Waals surface area contributed by atoms with Crippen LogP contribution in [0, 0.1) is 5.82 Å². The average Bonchev–Trinajstić information content (AvgIpc) is 2.78. The fourth-order valence-corrected chi connectivity index (χ4v) is 4.21. The second-order valence-electron chi connectivity index (χ2n) is 9.20. The Kier molecular flexibility index (Phi) is 6.98. The highest BCUT2D eigenvalue weighted by Crippen LogP contribution is 2.29. The zero-order chi connectivity index (χ0) is 23.4. The molecule has 6 nitrogen and oxygen atoms in total. The maximum Gasteiger partial charge on any atom is 0.229 e. The second-order valence-corrected chi connectivity index (χ2v) is 9.20. The predicted octanol–water partition coefficient (Wildman–Crippen LogP) is 3.71. The Morgan fingerprint density at radius 2 is 1.73 bits per heavy atom. The minimum absolute atomic E-state index is 0.00379. The standard InChI is InChI=1S/C26H31FN2O4/c1-28(21-9-11-23(12-10-21)33-22-3-2-4-22)25(31)18-26(32)13-15-29(16-14-26)24(30)17-19-5-7-20(27)8-6-19/h5-12,22,32H,2-4,13-18H2,1H3. The highest BCUT2D eigenvalue weighted by atomic mass is 19.1. The Balaban J connectivity index is 1.26. The van der Waals surface area contributed by atoms with Gasteiger partial charge in [-0.15, -0.1) is 0 Å². The van der Waals surface area contributed by atoms with Crippen molar-refractivity contribution in [3.05, 3.63) is 59.9 Å². The smallest absolute Gasteiger partial charge is 0.229 e. The first-order valence-corrected chi connectivity index (χ1v) is 11.6. The SMILES string of the molecule is CN(C(=O)CC1(O)CCN(C(=O)Cc2ccc(F)cc2)CC1)c1ccc(OC2CCC2)cc1. The van der Waals surface area contributed by atoms with Gasteiger partial charge in [-0.25, -0.2) is 4.39 Å². The number of piperidine rings is 1. The van der Waals surface area contributed by atoms with E-state index < -0.39 is 5.60 Å². The van der Waals surface area contributed by atoms with E-state index in [9.17, 15) is 19.1 Å². The number of aliphatic hydroxyl groups is 1. The summed E-state index contributed by atoms with van der Waals surface area (Å²) >= 11 is 0. The molecule has 2 amide bonds. The molecule has 176 valence electrons. The summed E-state index contributed by atoms with van der Waals surface area (Å²) in [6.07, 6.45) is 4.58. The van der Waals surface area contributed by atoms with Gasteiger partial charge in [0.15, 0.2) is 0 Å². The van der Waals surface area contributed by atoms with E-state index in [1.54, 1.807) is 29.0 Å². The van der Waals surface area contributed by atoms with Gasteiger partial charge >= 0.3 is 0 Å². The Bertz CT molecular complexity index is 965. The molecule has 0 unspecified atom stereocenters. The summed E-state index contributed by atoms with van der Waals surface area (Å²) in [6, 6.07) is 13.3. The number of rotatable bonds is 7. The van der Waals surface area contributed by atoms with Crippen LogP contribution in [0.4, 0.5) is 10.1 Å². The van der Waals surface area contributed by atoms with E-state index in [2.05, 4.69) is 0 Å². The molecule has 0 atom stereocenters. The van der Waals surface area contributed by atoms with Gasteiger partial charge in [0.05, 0.1) is 24.5 Å². The van der Waals surface area contributed by atoms with E-state index in [0.717, 1.165) is 29.8 Å². The summed E-state index contributed by atoms with van der Waals surface area (Å²) in [5.41, 5.74) is 0.366. The number of hydrogen-bond acceptors (Lipinski definition) is 4. The monoisotopic (exact) mass is 454 g/mol. The number of amides is 2. The molecule has 1 aliphatic carbocycles. The van der Waals surface area contributed by atoms with Crippen LogP contribution in [0.15, 0.2) is 48.5 Å². The van der Waals surface area contributed by atoms with Crippen LogP contribution in [0.3, 0.4) is 0 Å². The van der Waals surface area contributed by atoms with E-state index >= 15 is 0 Å². The number of likely N-dealkylation sites (tertiary alicyclic amines) is 1. The van der Waals surface area contributed by atoms with Crippen LogP contribution >= 0.6 is 0 Å². The Hall–Kier alpha value is -2.93. The number of carbonyl (C=O) groups excluding carboxylic acids is 2. The van der Waals surface area contributed by atoms with Crippen molar-refractivity contribution < 1.29 is 23.8 Å². The molecule has 0 radical (unpaired) electrons. The van der Waals surface area contributed by atoms with Gasteiger partial charge in [0.25, 0.3) is 0 Å². The second kappa shape index (κ2) is 9.91. The summed E-state index contributed by atoms with van der Waals surface area (Å²) in [6.45, 7) is 0.779. The fraction of sp³-hybridized carbons (Fsp3) is 0.462. The molecule has 1 N–H and O–H groups in total. The lowest BCUT2D eigenvalue weighted by Crippen LogP contribution is -2.49. The van der Waals surface area contributed by atoms with Gasteiger partial charge in [-0.2, -0.15) is 0 Å². The molecule has 0 bridgehead atoms. The van der Waals surface area contributed by atoms with Crippen molar-refractivity contribution in [3.8, 4) is 5.75 Å². The van der Waals surface area contributed by atoms with Gasteiger partial charge in [0.1, 0.15) is 11.6 Å². The summed E-state index contributed by atoms with van der Waals surface area (Å²) < 4.78 is 18.9. The van der Waals surface area contributed by atoms with Gasteiger partial charge in [0.2, 0.25) is 11.8 Å². The molecule has 1 heterocycles. The maximum absolute atomic E-state index is 13.1. The minimum Gasteiger partial charge on any atom is -0.490 e. The molecule has 2 aliphatic rings. The van der Waals surface area contributed by atoms with Crippen LogP contribution in [-0.2, 0) is 16.0 Å². The van der Waals surface area contributed by atoms with Crippen molar-refractivity contribution in [2.75, 3.05) is 25.0 Å². The molecule has 2 aromatic rings. The molecule has 0 aromatic heterocycles. The number of hydrogen-bond donors (Lipinski definition) is 1.